The van der Waals surface area contributed by atoms with E-state index in [1.165, 1.54) is 33.7 Å². The van der Waals surface area contributed by atoms with Crippen molar-refractivity contribution in [3.63, 3.8) is 0 Å². The van der Waals surface area contributed by atoms with Gasteiger partial charge >= 0.3 is 0 Å². The summed E-state index contributed by atoms with van der Waals surface area (Å²) >= 11 is 1.92. The fourth-order valence-electron chi connectivity index (χ4n) is 4.94. The molecule has 4 rings (SSSR count). The van der Waals surface area contributed by atoms with Crippen molar-refractivity contribution in [1.29, 1.82) is 0 Å². The first kappa shape index (κ1) is 17.7. The zero-order valence-electron chi connectivity index (χ0n) is 15.8. The molecule has 1 amide bonds. The third kappa shape index (κ3) is 3.33. The Hall–Kier alpha value is -1.65. The van der Waals surface area contributed by atoms with Gasteiger partial charge in [-0.3, -0.25) is 9.69 Å². The molecule has 4 heteroatoms. The molecule has 1 N–H and O–H groups in total. The van der Waals surface area contributed by atoms with E-state index < -0.39 is 0 Å². The van der Waals surface area contributed by atoms with Crippen molar-refractivity contribution in [2.75, 3.05) is 20.1 Å². The molecule has 1 spiro atoms. The van der Waals surface area contributed by atoms with Gasteiger partial charge in [-0.2, -0.15) is 0 Å². The third-order valence-corrected chi connectivity index (χ3v) is 7.29. The molecular formula is C22H28N2OS. The van der Waals surface area contributed by atoms with Gasteiger partial charge in [-0.25, -0.2) is 0 Å². The Morgan fingerprint density at radius 3 is 2.69 bits per heavy atom. The molecule has 1 aromatic carbocycles. The summed E-state index contributed by atoms with van der Waals surface area (Å²) in [5, 5.41) is 2.80. The van der Waals surface area contributed by atoms with Crippen LogP contribution in [0.1, 0.15) is 52.5 Å². The maximum absolute atomic E-state index is 12.0. The van der Waals surface area contributed by atoms with Crippen LogP contribution in [0.15, 0.2) is 36.4 Å². The van der Waals surface area contributed by atoms with Gasteiger partial charge in [0.05, 0.1) is 0 Å². The van der Waals surface area contributed by atoms with Crippen LogP contribution in [0, 0.1) is 6.92 Å². The molecule has 0 unspecified atom stereocenters. The van der Waals surface area contributed by atoms with Gasteiger partial charge in [0.15, 0.2) is 0 Å². The highest BCUT2D eigenvalue weighted by Crippen LogP contribution is 2.52. The van der Waals surface area contributed by atoms with Crippen LogP contribution in [-0.4, -0.2) is 30.9 Å². The van der Waals surface area contributed by atoms with Gasteiger partial charge in [-0.1, -0.05) is 24.3 Å². The molecule has 1 saturated heterocycles. The van der Waals surface area contributed by atoms with Gasteiger partial charge in [-0.05, 0) is 73.9 Å². The minimum Gasteiger partial charge on any atom is -0.359 e. The average Bonchev–Trinajstić information content (AvgIpc) is 3.19. The first-order valence-electron chi connectivity index (χ1n) is 9.67. The van der Waals surface area contributed by atoms with E-state index in [0.717, 1.165) is 26.1 Å². The fourth-order valence-corrected chi connectivity index (χ4v) is 5.87. The van der Waals surface area contributed by atoms with Gasteiger partial charge in [0.2, 0.25) is 5.91 Å². The smallest absolute Gasteiger partial charge is 0.220 e. The highest BCUT2D eigenvalue weighted by molar-refractivity contribution is 7.11. The molecule has 3 nitrogen and oxygen atoms in total. The zero-order valence-corrected chi connectivity index (χ0v) is 16.6. The minimum absolute atomic E-state index is 0.160. The molecule has 1 atom stereocenters. The van der Waals surface area contributed by atoms with Crippen LogP contribution in [0.2, 0.25) is 0 Å². The lowest BCUT2D eigenvalue weighted by atomic mass is 9.73. The van der Waals surface area contributed by atoms with Crippen LogP contribution in [-0.2, 0) is 16.8 Å². The maximum atomic E-state index is 12.0. The van der Waals surface area contributed by atoms with Crippen molar-refractivity contribution < 1.29 is 4.79 Å². The number of amides is 1. The number of piperidine rings is 1. The number of nitrogens with zero attached hydrogens (tertiary/aromatic N) is 1. The van der Waals surface area contributed by atoms with Crippen LogP contribution < -0.4 is 5.32 Å². The normalized spacial score (nSPS) is 21.7. The summed E-state index contributed by atoms with van der Waals surface area (Å²) < 4.78 is 0. The monoisotopic (exact) mass is 368 g/mol. The molecule has 2 aliphatic rings. The van der Waals surface area contributed by atoms with Crippen molar-refractivity contribution >= 4 is 17.2 Å². The lowest BCUT2D eigenvalue weighted by Gasteiger charge is -2.40. The molecule has 0 bridgehead atoms. The van der Waals surface area contributed by atoms with Crippen molar-refractivity contribution in [2.45, 2.75) is 50.5 Å². The molecule has 1 aliphatic heterocycles. The molecule has 2 heterocycles. The summed E-state index contributed by atoms with van der Waals surface area (Å²) in [6, 6.07) is 13.4. The van der Waals surface area contributed by atoms with Gasteiger partial charge in [0, 0.05) is 29.8 Å². The Bertz CT molecular complexity index is 789. The van der Waals surface area contributed by atoms with Crippen LogP contribution in [0.3, 0.4) is 0 Å². The van der Waals surface area contributed by atoms with Crippen molar-refractivity contribution in [2.24, 2.45) is 0 Å². The number of likely N-dealkylation sites (tertiary alicyclic amines) is 1. The molecule has 138 valence electrons. The Kier molecular flexibility index (Phi) is 4.89. The van der Waals surface area contributed by atoms with Crippen molar-refractivity contribution in [3.8, 4) is 0 Å². The largest absolute Gasteiger partial charge is 0.359 e. The van der Waals surface area contributed by atoms with E-state index in [9.17, 15) is 4.79 Å². The zero-order chi connectivity index (χ0) is 18.1. The molecule has 1 aromatic heterocycles. The highest BCUT2D eigenvalue weighted by Gasteiger charge is 2.45. The predicted molar refractivity (Wildman–Crippen MR) is 108 cm³/mol. The maximum Gasteiger partial charge on any atom is 0.220 e. The average molecular weight is 369 g/mol. The number of benzene rings is 1. The van der Waals surface area contributed by atoms with E-state index in [1.54, 1.807) is 7.05 Å². The number of fused-ring (bicyclic) bond motifs is 2. The second-order valence-electron chi connectivity index (χ2n) is 7.93. The molecule has 2 aromatic rings. The Morgan fingerprint density at radius 2 is 2.00 bits per heavy atom. The Morgan fingerprint density at radius 1 is 1.23 bits per heavy atom. The van der Waals surface area contributed by atoms with Gasteiger partial charge in [-0.15, -0.1) is 11.3 Å². The number of nitrogens with one attached hydrogen (secondary N) is 1. The predicted octanol–water partition coefficient (Wildman–Crippen LogP) is 4.21. The third-order valence-electron chi connectivity index (χ3n) is 6.31. The van der Waals surface area contributed by atoms with E-state index >= 15 is 0 Å². The molecule has 0 radical (unpaired) electrons. The first-order chi connectivity index (χ1) is 12.6. The molecule has 0 saturated carbocycles. The number of hydrogen-bond acceptors (Lipinski definition) is 3. The summed E-state index contributed by atoms with van der Waals surface area (Å²) in [4.78, 5) is 17.5. The van der Waals surface area contributed by atoms with E-state index in [2.05, 4.69) is 53.5 Å². The lowest BCUT2D eigenvalue weighted by Crippen LogP contribution is -2.41. The van der Waals surface area contributed by atoms with Crippen molar-refractivity contribution in [1.82, 2.24) is 10.2 Å². The Balaban J connectivity index is 1.48. The number of rotatable bonds is 4. The highest BCUT2D eigenvalue weighted by atomic mass is 32.1. The molecule has 1 fully saturated rings. The summed E-state index contributed by atoms with van der Waals surface area (Å²) in [5.74, 6) is 0.532. The summed E-state index contributed by atoms with van der Waals surface area (Å²) in [7, 11) is 1.74. The second kappa shape index (κ2) is 7.16. The Labute approximate surface area is 160 Å². The van der Waals surface area contributed by atoms with Gasteiger partial charge < -0.3 is 5.32 Å². The number of thiophene rings is 1. The fraction of sp³-hybridized carbons (Fsp3) is 0.500. The quantitative estimate of drug-likeness (QED) is 0.877. The van der Waals surface area contributed by atoms with Crippen LogP contribution in [0.4, 0.5) is 0 Å². The van der Waals surface area contributed by atoms with E-state index in [4.69, 9.17) is 0 Å². The summed E-state index contributed by atoms with van der Waals surface area (Å²) in [6.45, 7) is 5.56. The summed E-state index contributed by atoms with van der Waals surface area (Å²) in [6.07, 6.45) is 4.16. The number of aryl methyl sites for hydroxylation is 1. The SMILES string of the molecule is CNC(=O)C[C@H]1CC2(CCN(Cc3ccc(C)s3)CC2)c2ccccc21. The second-order valence-corrected chi connectivity index (χ2v) is 9.31. The van der Waals surface area contributed by atoms with Crippen LogP contribution in [0.5, 0.6) is 0 Å². The molecule has 1 aliphatic carbocycles. The van der Waals surface area contributed by atoms with E-state index in [1.807, 2.05) is 11.3 Å². The number of carbonyl (C=O) groups excluding carboxylic acids is 1. The standard InChI is InChI=1S/C22H28N2OS/c1-16-7-8-18(26-16)15-24-11-9-22(10-12-24)14-17(13-21(25)23-2)19-5-3-4-6-20(19)22/h3-8,17H,9-15H2,1-2H3,(H,23,25)/t17-/m0/s1. The van der Waals surface area contributed by atoms with Crippen LogP contribution in [0.25, 0.3) is 0 Å². The number of hydrogen-bond donors (Lipinski definition) is 1. The van der Waals surface area contributed by atoms with Gasteiger partial charge in [0.1, 0.15) is 0 Å². The van der Waals surface area contributed by atoms with E-state index in [-0.39, 0.29) is 11.3 Å². The lowest BCUT2D eigenvalue weighted by molar-refractivity contribution is -0.121. The van der Waals surface area contributed by atoms with E-state index in [0.29, 0.717) is 12.3 Å². The van der Waals surface area contributed by atoms with Crippen molar-refractivity contribution in [3.05, 3.63) is 57.3 Å². The van der Waals surface area contributed by atoms with Crippen LogP contribution >= 0.6 is 11.3 Å². The minimum atomic E-state index is 0.160. The van der Waals surface area contributed by atoms with Gasteiger partial charge in [0.25, 0.3) is 0 Å². The first-order valence-corrected chi connectivity index (χ1v) is 10.5. The topological polar surface area (TPSA) is 32.3 Å². The molecule has 26 heavy (non-hydrogen) atoms. The molecular weight excluding hydrogens is 340 g/mol. The number of carbonyl (C=O) groups is 1. The summed E-state index contributed by atoms with van der Waals surface area (Å²) in [5.41, 5.74) is 3.20.